The average molecular weight is 284 g/mol. The van der Waals surface area contributed by atoms with Crippen LogP contribution < -0.4 is 5.32 Å². The number of nitrogens with zero attached hydrogens (tertiary/aromatic N) is 1. The Balaban J connectivity index is 2.46. The van der Waals surface area contributed by atoms with Gasteiger partial charge in [0.1, 0.15) is 0 Å². The third-order valence-corrected chi connectivity index (χ3v) is 3.63. The number of carboxylic acid groups (broad SMARTS) is 1. The fourth-order valence-corrected chi connectivity index (χ4v) is 3.31. The Morgan fingerprint density at radius 2 is 1.95 bits per heavy atom. The number of carbonyl (C=O) groups is 2. The van der Waals surface area contributed by atoms with Crippen molar-refractivity contribution < 1.29 is 14.7 Å². The molecule has 2 N–H and O–H groups in total. The van der Waals surface area contributed by atoms with Crippen molar-refractivity contribution in [2.24, 2.45) is 10.8 Å². The van der Waals surface area contributed by atoms with E-state index in [0.717, 1.165) is 25.9 Å². The summed E-state index contributed by atoms with van der Waals surface area (Å²) >= 11 is 0. The lowest BCUT2D eigenvalue weighted by Crippen LogP contribution is -2.41. The molecule has 1 fully saturated rings. The van der Waals surface area contributed by atoms with Gasteiger partial charge in [0.05, 0.1) is 6.54 Å². The number of nitrogens with one attached hydrogen (secondary N) is 1. The van der Waals surface area contributed by atoms with Crippen molar-refractivity contribution in [1.29, 1.82) is 0 Å². The van der Waals surface area contributed by atoms with Gasteiger partial charge in [-0.25, -0.2) is 0 Å². The Morgan fingerprint density at radius 1 is 1.30 bits per heavy atom. The van der Waals surface area contributed by atoms with E-state index in [4.69, 9.17) is 5.11 Å². The zero-order chi connectivity index (χ0) is 15.4. The Bertz CT molecular complexity index is 364. The van der Waals surface area contributed by atoms with Crippen molar-refractivity contribution in [2.75, 3.05) is 26.2 Å². The molecule has 5 nitrogen and oxygen atoms in total. The number of hydrogen-bond acceptors (Lipinski definition) is 3. The van der Waals surface area contributed by atoms with Gasteiger partial charge in [0.15, 0.2) is 0 Å². The van der Waals surface area contributed by atoms with Crippen LogP contribution in [0.2, 0.25) is 0 Å². The molecule has 0 spiro atoms. The lowest BCUT2D eigenvalue weighted by atomic mass is 9.74. The van der Waals surface area contributed by atoms with Crippen molar-refractivity contribution in [1.82, 2.24) is 10.2 Å². The molecular weight excluding hydrogens is 256 g/mol. The van der Waals surface area contributed by atoms with Gasteiger partial charge in [-0.15, -0.1) is 0 Å². The van der Waals surface area contributed by atoms with E-state index in [1.807, 2.05) is 4.90 Å². The van der Waals surface area contributed by atoms with E-state index in [0.29, 0.717) is 13.0 Å². The van der Waals surface area contributed by atoms with E-state index in [9.17, 15) is 9.59 Å². The molecule has 1 rings (SSSR count). The van der Waals surface area contributed by atoms with Gasteiger partial charge in [0, 0.05) is 26.1 Å². The lowest BCUT2D eigenvalue weighted by molar-refractivity contribution is -0.136. The standard InChI is InChI=1S/C15H28N2O3/c1-14(2,10-16-8-13(19)20)9-15(3,4)11-17-7-5-6-12(17)18/h16H,5-11H2,1-4H3,(H,19,20). The molecule has 1 saturated heterocycles. The van der Waals surface area contributed by atoms with Gasteiger partial charge in [-0.3, -0.25) is 9.59 Å². The maximum atomic E-state index is 11.7. The van der Waals surface area contributed by atoms with Crippen LogP contribution in [-0.2, 0) is 9.59 Å². The fraction of sp³-hybridized carbons (Fsp3) is 0.867. The molecule has 0 saturated carbocycles. The summed E-state index contributed by atoms with van der Waals surface area (Å²) in [6.45, 7) is 10.9. The average Bonchev–Trinajstić information content (AvgIpc) is 2.60. The second-order valence-electron chi connectivity index (χ2n) is 7.42. The maximum Gasteiger partial charge on any atom is 0.317 e. The monoisotopic (exact) mass is 284 g/mol. The highest BCUT2D eigenvalue weighted by molar-refractivity contribution is 5.78. The van der Waals surface area contributed by atoms with Gasteiger partial charge in [-0.05, 0) is 23.7 Å². The molecule has 0 radical (unpaired) electrons. The van der Waals surface area contributed by atoms with Gasteiger partial charge in [-0.1, -0.05) is 27.7 Å². The predicted molar refractivity (Wildman–Crippen MR) is 78.5 cm³/mol. The van der Waals surface area contributed by atoms with Crippen molar-refractivity contribution in [3.05, 3.63) is 0 Å². The van der Waals surface area contributed by atoms with Crippen LogP contribution in [0, 0.1) is 10.8 Å². The third kappa shape index (κ3) is 5.90. The quantitative estimate of drug-likeness (QED) is 0.712. The Hall–Kier alpha value is -1.10. The molecule has 1 amide bonds. The SMILES string of the molecule is CC(C)(CNCC(=O)O)CC(C)(C)CN1CCCC1=O. The predicted octanol–water partition coefficient (Wildman–Crippen LogP) is 1.73. The van der Waals surface area contributed by atoms with Crippen molar-refractivity contribution in [3.8, 4) is 0 Å². The second-order valence-corrected chi connectivity index (χ2v) is 7.42. The topological polar surface area (TPSA) is 69.6 Å². The molecule has 116 valence electrons. The Labute approximate surface area is 121 Å². The summed E-state index contributed by atoms with van der Waals surface area (Å²) in [6.07, 6.45) is 2.59. The van der Waals surface area contributed by atoms with Gasteiger partial charge >= 0.3 is 5.97 Å². The van der Waals surface area contributed by atoms with Crippen LogP contribution in [0.15, 0.2) is 0 Å². The number of hydrogen-bond donors (Lipinski definition) is 2. The first kappa shape index (κ1) is 17.0. The molecule has 5 heteroatoms. The van der Waals surface area contributed by atoms with Gasteiger partial charge < -0.3 is 15.3 Å². The maximum absolute atomic E-state index is 11.7. The zero-order valence-corrected chi connectivity index (χ0v) is 13.2. The Kier molecular flexibility index (Phi) is 5.57. The molecule has 1 aliphatic heterocycles. The summed E-state index contributed by atoms with van der Waals surface area (Å²) in [6, 6.07) is 0. The van der Waals surface area contributed by atoms with Crippen molar-refractivity contribution >= 4 is 11.9 Å². The van der Waals surface area contributed by atoms with E-state index >= 15 is 0 Å². The van der Waals surface area contributed by atoms with E-state index < -0.39 is 5.97 Å². The van der Waals surface area contributed by atoms with E-state index in [-0.39, 0.29) is 23.3 Å². The lowest BCUT2D eigenvalue weighted by Gasteiger charge is -2.37. The molecule has 1 heterocycles. The first-order valence-corrected chi connectivity index (χ1v) is 7.32. The van der Waals surface area contributed by atoms with E-state index in [1.165, 1.54) is 0 Å². The van der Waals surface area contributed by atoms with Gasteiger partial charge in [-0.2, -0.15) is 0 Å². The summed E-state index contributed by atoms with van der Waals surface area (Å²) in [5.74, 6) is -0.567. The molecule has 0 atom stereocenters. The summed E-state index contributed by atoms with van der Waals surface area (Å²) in [7, 11) is 0. The van der Waals surface area contributed by atoms with Crippen LogP contribution in [0.25, 0.3) is 0 Å². The van der Waals surface area contributed by atoms with Crippen LogP contribution in [0.4, 0.5) is 0 Å². The highest BCUT2D eigenvalue weighted by Gasteiger charge is 2.33. The van der Waals surface area contributed by atoms with Crippen molar-refractivity contribution in [3.63, 3.8) is 0 Å². The summed E-state index contributed by atoms with van der Waals surface area (Å²) in [5.41, 5.74) is 0.0378. The van der Waals surface area contributed by atoms with Gasteiger partial charge in [0.25, 0.3) is 0 Å². The number of amides is 1. The number of rotatable bonds is 8. The molecule has 0 aliphatic carbocycles. The van der Waals surface area contributed by atoms with Crippen LogP contribution in [0.3, 0.4) is 0 Å². The van der Waals surface area contributed by atoms with E-state index in [1.54, 1.807) is 0 Å². The highest BCUT2D eigenvalue weighted by atomic mass is 16.4. The summed E-state index contributed by atoms with van der Waals surface area (Å²) in [4.78, 5) is 24.2. The zero-order valence-electron chi connectivity index (χ0n) is 13.2. The number of aliphatic carboxylic acids is 1. The second kappa shape index (κ2) is 6.57. The fourth-order valence-electron chi connectivity index (χ4n) is 3.31. The first-order chi connectivity index (χ1) is 9.11. The molecule has 0 aromatic carbocycles. The van der Waals surface area contributed by atoms with E-state index in [2.05, 4.69) is 33.0 Å². The minimum atomic E-state index is -0.831. The molecule has 0 unspecified atom stereocenters. The van der Waals surface area contributed by atoms with Gasteiger partial charge in [0.2, 0.25) is 5.91 Å². The Morgan fingerprint density at radius 3 is 2.45 bits per heavy atom. The molecule has 1 aliphatic rings. The first-order valence-electron chi connectivity index (χ1n) is 7.32. The summed E-state index contributed by atoms with van der Waals surface area (Å²) < 4.78 is 0. The van der Waals surface area contributed by atoms with Crippen LogP contribution >= 0.6 is 0 Å². The minimum Gasteiger partial charge on any atom is -0.480 e. The van der Waals surface area contributed by atoms with Crippen LogP contribution in [0.1, 0.15) is 47.0 Å². The largest absolute Gasteiger partial charge is 0.480 e. The molecular formula is C15H28N2O3. The minimum absolute atomic E-state index is 0.00171. The third-order valence-electron chi connectivity index (χ3n) is 3.63. The molecule has 0 aromatic rings. The molecule has 20 heavy (non-hydrogen) atoms. The van der Waals surface area contributed by atoms with Crippen LogP contribution in [-0.4, -0.2) is 48.1 Å². The number of likely N-dealkylation sites (tertiary alicyclic amines) is 1. The van der Waals surface area contributed by atoms with Crippen molar-refractivity contribution in [2.45, 2.75) is 47.0 Å². The molecule has 0 aromatic heterocycles. The summed E-state index contributed by atoms with van der Waals surface area (Å²) in [5, 5.41) is 11.6. The highest BCUT2D eigenvalue weighted by Crippen LogP contribution is 2.34. The van der Waals surface area contributed by atoms with Crippen LogP contribution in [0.5, 0.6) is 0 Å². The number of carbonyl (C=O) groups excluding carboxylic acids is 1. The number of carboxylic acids is 1. The molecule has 0 bridgehead atoms. The normalized spacial score (nSPS) is 16.8. The smallest absolute Gasteiger partial charge is 0.317 e.